The first-order valence-electron chi connectivity index (χ1n) is 9.37. The molecule has 1 fully saturated rings. The molecule has 3 unspecified atom stereocenters. The van der Waals surface area contributed by atoms with Crippen molar-refractivity contribution in [2.24, 2.45) is 17.8 Å². The lowest BCUT2D eigenvalue weighted by Gasteiger charge is -2.23. The Morgan fingerprint density at radius 2 is 1.90 bits per heavy atom. The fourth-order valence-electron chi connectivity index (χ4n) is 5.03. The SMILES string of the molecule is CCCCCC[C@@H]1CCC(C2Cc3ccccc3C2C)C1. The van der Waals surface area contributed by atoms with Gasteiger partial charge in [-0.2, -0.15) is 0 Å². The van der Waals surface area contributed by atoms with Crippen LogP contribution in [0.5, 0.6) is 0 Å². The molecule has 2 aliphatic rings. The van der Waals surface area contributed by atoms with Crippen molar-refractivity contribution in [3.63, 3.8) is 0 Å². The van der Waals surface area contributed by atoms with Gasteiger partial charge < -0.3 is 0 Å². The van der Waals surface area contributed by atoms with Crippen LogP contribution in [-0.2, 0) is 6.42 Å². The minimum atomic E-state index is 0.796. The predicted octanol–water partition coefficient (Wildman–Crippen LogP) is 6.35. The standard InChI is InChI=1S/C21H32/c1-3-4-5-6-9-17-12-13-19(14-17)21-15-18-10-7-8-11-20(18)16(21)2/h7-8,10-11,16-17,19,21H,3-6,9,12-15H2,1-2H3/t16?,17-,19?,21?/m1/s1. The third-order valence-electron chi connectivity index (χ3n) is 6.30. The average Bonchev–Trinajstić information content (AvgIpc) is 3.09. The number of hydrogen-bond donors (Lipinski definition) is 0. The number of fused-ring (bicyclic) bond motifs is 1. The summed E-state index contributed by atoms with van der Waals surface area (Å²) in [6.07, 6.45) is 13.1. The highest BCUT2D eigenvalue weighted by Crippen LogP contribution is 2.48. The zero-order valence-corrected chi connectivity index (χ0v) is 14.0. The van der Waals surface area contributed by atoms with Crippen LogP contribution in [0.3, 0.4) is 0 Å². The minimum Gasteiger partial charge on any atom is -0.0654 e. The zero-order chi connectivity index (χ0) is 14.7. The molecule has 0 heterocycles. The largest absolute Gasteiger partial charge is 0.0654 e. The molecule has 0 aromatic heterocycles. The van der Waals surface area contributed by atoms with Gasteiger partial charge in [0.25, 0.3) is 0 Å². The van der Waals surface area contributed by atoms with Crippen molar-refractivity contribution in [3.05, 3.63) is 35.4 Å². The van der Waals surface area contributed by atoms with Crippen LogP contribution in [0, 0.1) is 17.8 Å². The van der Waals surface area contributed by atoms with Gasteiger partial charge in [0.2, 0.25) is 0 Å². The molecule has 1 saturated carbocycles. The molecule has 0 radical (unpaired) electrons. The summed E-state index contributed by atoms with van der Waals surface area (Å²) < 4.78 is 0. The van der Waals surface area contributed by atoms with E-state index < -0.39 is 0 Å². The van der Waals surface area contributed by atoms with Gasteiger partial charge in [-0.05, 0) is 54.1 Å². The molecule has 0 aliphatic heterocycles. The van der Waals surface area contributed by atoms with Crippen molar-refractivity contribution in [1.82, 2.24) is 0 Å². The first-order chi connectivity index (χ1) is 10.3. The molecular formula is C21H32. The third kappa shape index (κ3) is 3.35. The van der Waals surface area contributed by atoms with Crippen LogP contribution >= 0.6 is 0 Å². The first kappa shape index (κ1) is 15.1. The summed E-state index contributed by atoms with van der Waals surface area (Å²) in [6.45, 7) is 4.79. The van der Waals surface area contributed by atoms with Gasteiger partial charge in [-0.3, -0.25) is 0 Å². The Bertz CT molecular complexity index is 447. The second-order valence-electron chi connectivity index (χ2n) is 7.64. The predicted molar refractivity (Wildman–Crippen MR) is 91.6 cm³/mol. The summed E-state index contributed by atoms with van der Waals surface area (Å²) in [4.78, 5) is 0. The lowest BCUT2D eigenvalue weighted by molar-refractivity contribution is 0.301. The molecular weight excluding hydrogens is 252 g/mol. The zero-order valence-electron chi connectivity index (χ0n) is 14.0. The number of hydrogen-bond acceptors (Lipinski definition) is 0. The van der Waals surface area contributed by atoms with Crippen molar-refractivity contribution >= 4 is 0 Å². The highest BCUT2D eigenvalue weighted by Gasteiger charge is 2.37. The van der Waals surface area contributed by atoms with Crippen LogP contribution in [0.2, 0.25) is 0 Å². The summed E-state index contributed by atoms with van der Waals surface area (Å²) in [5.41, 5.74) is 3.29. The molecule has 0 nitrogen and oxygen atoms in total. The van der Waals surface area contributed by atoms with E-state index in [-0.39, 0.29) is 0 Å². The van der Waals surface area contributed by atoms with Crippen LogP contribution in [-0.4, -0.2) is 0 Å². The van der Waals surface area contributed by atoms with Crippen LogP contribution in [0.25, 0.3) is 0 Å². The Morgan fingerprint density at radius 3 is 2.71 bits per heavy atom. The minimum absolute atomic E-state index is 0.796. The van der Waals surface area contributed by atoms with Gasteiger partial charge in [0.05, 0.1) is 0 Å². The smallest absolute Gasteiger partial charge is 0.0153 e. The van der Waals surface area contributed by atoms with E-state index in [0.717, 1.165) is 23.7 Å². The van der Waals surface area contributed by atoms with Gasteiger partial charge >= 0.3 is 0 Å². The van der Waals surface area contributed by atoms with E-state index in [4.69, 9.17) is 0 Å². The first-order valence-corrected chi connectivity index (χ1v) is 9.37. The summed E-state index contributed by atoms with van der Waals surface area (Å²) in [6, 6.07) is 9.18. The molecule has 2 aliphatic carbocycles. The fourth-order valence-corrected chi connectivity index (χ4v) is 5.03. The molecule has 0 spiro atoms. The van der Waals surface area contributed by atoms with E-state index in [1.165, 1.54) is 57.8 Å². The topological polar surface area (TPSA) is 0 Å². The number of benzene rings is 1. The average molecular weight is 284 g/mol. The fraction of sp³-hybridized carbons (Fsp3) is 0.714. The molecule has 116 valence electrons. The van der Waals surface area contributed by atoms with Gasteiger partial charge in [-0.15, -0.1) is 0 Å². The van der Waals surface area contributed by atoms with Crippen LogP contribution in [0.1, 0.15) is 82.3 Å². The number of unbranched alkanes of at least 4 members (excludes halogenated alkanes) is 3. The van der Waals surface area contributed by atoms with E-state index in [1.54, 1.807) is 11.1 Å². The van der Waals surface area contributed by atoms with Gasteiger partial charge in [-0.1, -0.05) is 76.6 Å². The van der Waals surface area contributed by atoms with Crippen LogP contribution in [0.15, 0.2) is 24.3 Å². The quantitative estimate of drug-likeness (QED) is 0.534. The lowest BCUT2D eigenvalue weighted by atomic mass is 9.81. The molecule has 4 atom stereocenters. The van der Waals surface area contributed by atoms with Crippen LogP contribution < -0.4 is 0 Å². The summed E-state index contributed by atoms with van der Waals surface area (Å²) in [5, 5.41) is 0. The molecule has 21 heavy (non-hydrogen) atoms. The molecule has 0 saturated heterocycles. The maximum atomic E-state index is 2.48. The monoisotopic (exact) mass is 284 g/mol. The molecule has 0 N–H and O–H groups in total. The Labute approximate surface area is 131 Å². The van der Waals surface area contributed by atoms with Crippen LogP contribution in [0.4, 0.5) is 0 Å². The van der Waals surface area contributed by atoms with Crippen molar-refractivity contribution in [2.45, 2.75) is 77.6 Å². The molecule has 1 aromatic carbocycles. The second kappa shape index (κ2) is 6.99. The Morgan fingerprint density at radius 1 is 1.05 bits per heavy atom. The van der Waals surface area contributed by atoms with Crippen molar-refractivity contribution in [1.29, 1.82) is 0 Å². The van der Waals surface area contributed by atoms with Gasteiger partial charge in [0.15, 0.2) is 0 Å². The van der Waals surface area contributed by atoms with Crippen molar-refractivity contribution in [3.8, 4) is 0 Å². The Balaban J connectivity index is 1.51. The van der Waals surface area contributed by atoms with E-state index in [2.05, 4.69) is 38.1 Å². The van der Waals surface area contributed by atoms with Crippen molar-refractivity contribution < 1.29 is 0 Å². The van der Waals surface area contributed by atoms with Gasteiger partial charge in [-0.25, -0.2) is 0 Å². The maximum Gasteiger partial charge on any atom is -0.0153 e. The Hall–Kier alpha value is -0.780. The normalized spacial score (nSPS) is 31.5. The Kier molecular flexibility index (Phi) is 5.03. The maximum absolute atomic E-state index is 2.48. The highest BCUT2D eigenvalue weighted by molar-refractivity contribution is 5.36. The molecule has 0 amide bonds. The van der Waals surface area contributed by atoms with E-state index >= 15 is 0 Å². The highest BCUT2D eigenvalue weighted by atomic mass is 14.4. The summed E-state index contributed by atoms with van der Waals surface area (Å²) >= 11 is 0. The van der Waals surface area contributed by atoms with Crippen molar-refractivity contribution in [2.75, 3.05) is 0 Å². The summed E-state index contributed by atoms with van der Waals surface area (Å²) in [5.74, 6) is 3.78. The van der Waals surface area contributed by atoms with Gasteiger partial charge in [0, 0.05) is 0 Å². The second-order valence-corrected chi connectivity index (χ2v) is 7.64. The van der Waals surface area contributed by atoms with E-state index in [1.807, 2.05) is 0 Å². The summed E-state index contributed by atoms with van der Waals surface area (Å²) in [7, 11) is 0. The van der Waals surface area contributed by atoms with E-state index in [0.29, 0.717) is 0 Å². The molecule has 3 rings (SSSR count). The molecule has 0 bridgehead atoms. The number of rotatable bonds is 6. The molecule has 1 aromatic rings. The van der Waals surface area contributed by atoms with Gasteiger partial charge in [0.1, 0.15) is 0 Å². The van der Waals surface area contributed by atoms with E-state index in [9.17, 15) is 0 Å². The third-order valence-corrected chi connectivity index (χ3v) is 6.30. The lowest BCUT2D eigenvalue weighted by Crippen LogP contribution is -2.15. The molecule has 0 heteroatoms.